The number of β-amino-alcohol motifs (C(OH)–C–C–N with tert-alkyl or cyclic N) is 1. The van der Waals surface area contributed by atoms with E-state index in [1.807, 2.05) is 4.90 Å². The van der Waals surface area contributed by atoms with Crippen molar-refractivity contribution in [3.8, 4) is 0 Å². The van der Waals surface area contributed by atoms with E-state index in [0.717, 1.165) is 13.1 Å². The fraction of sp³-hybridized carbons (Fsp3) is 0.889. The first-order chi connectivity index (χ1) is 6.79. The molecule has 1 aliphatic heterocycles. The molecule has 0 amide bonds. The maximum Gasteiger partial charge on any atom is 0.324 e. The van der Waals surface area contributed by atoms with Crippen LogP contribution in [0.15, 0.2) is 0 Å². The third-order valence-electron chi connectivity index (χ3n) is 2.30. The number of aliphatic hydroxyl groups excluding tert-OH is 1. The summed E-state index contributed by atoms with van der Waals surface area (Å²) in [6, 6.07) is -0.240. The second-order valence-corrected chi connectivity index (χ2v) is 3.23. The molecule has 1 unspecified atom stereocenters. The van der Waals surface area contributed by atoms with Crippen LogP contribution in [0.25, 0.3) is 0 Å². The van der Waals surface area contributed by atoms with Crippen LogP contribution < -0.4 is 5.32 Å². The number of aliphatic hydroxyl groups is 1. The van der Waals surface area contributed by atoms with Crippen LogP contribution in [-0.4, -0.2) is 61.4 Å². The number of carbonyl (C=O) groups is 1. The minimum Gasteiger partial charge on any atom is -0.465 e. The van der Waals surface area contributed by atoms with Gasteiger partial charge in [0.15, 0.2) is 0 Å². The lowest BCUT2D eigenvalue weighted by molar-refractivity contribution is -0.150. The Kier molecular flexibility index (Phi) is 4.86. The van der Waals surface area contributed by atoms with Crippen LogP contribution in [-0.2, 0) is 9.53 Å². The zero-order chi connectivity index (χ0) is 10.4. The van der Waals surface area contributed by atoms with Crippen molar-refractivity contribution < 1.29 is 14.6 Å². The number of hydrogen-bond donors (Lipinski definition) is 2. The first-order valence-corrected chi connectivity index (χ1v) is 5.01. The molecule has 0 saturated carbocycles. The minimum absolute atomic E-state index is 0.0793. The molecule has 1 aliphatic rings. The maximum atomic E-state index is 11.5. The standard InChI is InChI=1S/C9H18N2O3/c1-2-14-9(13)8-7-10-3-4-11(8)5-6-12/h8,10,12H,2-7H2,1H3. The van der Waals surface area contributed by atoms with Crippen LogP contribution in [0.2, 0.25) is 0 Å². The average Bonchev–Trinajstić information content (AvgIpc) is 2.19. The molecule has 5 heteroatoms. The van der Waals surface area contributed by atoms with Crippen LogP contribution in [0.4, 0.5) is 0 Å². The van der Waals surface area contributed by atoms with Gasteiger partial charge in [-0.15, -0.1) is 0 Å². The molecule has 1 atom stereocenters. The first-order valence-electron chi connectivity index (χ1n) is 5.01. The summed E-state index contributed by atoms with van der Waals surface area (Å²) in [7, 11) is 0. The molecule has 5 nitrogen and oxygen atoms in total. The van der Waals surface area contributed by atoms with Crippen LogP contribution in [0.3, 0.4) is 0 Å². The number of ether oxygens (including phenoxy) is 1. The van der Waals surface area contributed by atoms with Crippen molar-refractivity contribution in [3.63, 3.8) is 0 Å². The lowest BCUT2D eigenvalue weighted by atomic mass is 10.2. The SMILES string of the molecule is CCOC(=O)C1CNCCN1CCO. The third-order valence-corrected chi connectivity index (χ3v) is 2.30. The van der Waals surface area contributed by atoms with E-state index in [0.29, 0.717) is 19.7 Å². The minimum atomic E-state index is -0.240. The number of esters is 1. The molecule has 1 fully saturated rings. The highest BCUT2D eigenvalue weighted by molar-refractivity contribution is 5.76. The molecular weight excluding hydrogens is 184 g/mol. The maximum absolute atomic E-state index is 11.5. The molecule has 2 N–H and O–H groups in total. The molecule has 14 heavy (non-hydrogen) atoms. The number of nitrogens with one attached hydrogen (secondary N) is 1. The van der Waals surface area contributed by atoms with Gasteiger partial charge in [-0.1, -0.05) is 0 Å². The highest BCUT2D eigenvalue weighted by atomic mass is 16.5. The van der Waals surface area contributed by atoms with Crippen LogP contribution in [0.5, 0.6) is 0 Å². The molecule has 0 aromatic rings. The number of hydrogen-bond acceptors (Lipinski definition) is 5. The highest BCUT2D eigenvalue weighted by Gasteiger charge is 2.28. The average molecular weight is 202 g/mol. The van der Waals surface area contributed by atoms with Gasteiger partial charge in [0.25, 0.3) is 0 Å². The van der Waals surface area contributed by atoms with E-state index in [2.05, 4.69) is 5.32 Å². The summed E-state index contributed by atoms with van der Waals surface area (Å²) < 4.78 is 4.96. The van der Waals surface area contributed by atoms with Crippen molar-refractivity contribution in [1.82, 2.24) is 10.2 Å². The van der Waals surface area contributed by atoms with E-state index in [1.165, 1.54) is 0 Å². The van der Waals surface area contributed by atoms with Crippen molar-refractivity contribution in [2.75, 3.05) is 39.4 Å². The van der Waals surface area contributed by atoms with Crippen LogP contribution in [0.1, 0.15) is 6.92 Å². The lowest BCUT2D eigenvalue weighted by Crippen LogP contribution is -2.56. The van der Waals surface area contributed by atoms with Crippen molar-refractivity contribution in [1.29, 1.82) is 0 Å². The predicted octanol–water partition coefficient (Wildman–Crippen LogP) is -1.18. The molecule has 0 bridgehead atoms. The van der Waals surface area contributed by atoms with Gasteiger partial charge in [0.1, 0.15) is 6.04 Å². The Bertz CT molecular complexity index is 185. The van der Waals surface area contributed by atoms with Gasteiger partial charge in [-0.3, -0.25) is 9.69 Å². The summed E-state index contributed by atoms with van der Waals surface area (Å²) in [5, 5.41) is 12.0. The number of carbonyl (C=O) groups excluding carboxylic acids is 1. The van der Waals surface area contributed by atoms with Gasteiger partial charge in [0.05, 0.1) is 13.2 Å². The fourth-order valence-corrected chi connectivity index (χ4v) is 1.61. The van der Waals surface area contributed by atoms with Gasteiger partial charge >= 0.3 is 5.97 Å². The predicted molar refractivity (Wildman–Crippen MR) is 51.9 cm³/mol. The van der Waals surface area contributed by atoms with Crippen LogP contribution in [0, 0.1) is 0 Å². The topological polar surface area (TPSA) is 61.8 Å². The Morgan fingerprint density at radius 2 is 2.50 bits per heavy atom. The lowest BCUT2D eigenvalue weighted by Gasteiger charge is -2.33. The van der Waals surface area contributed by atoms with Gasteiger partial charge < -0.3 is 15.2 Å². The molecule has 1 rings (SSSR count). The monoisotopic (exact) mass is 202 g/mol. The third kappa shape index (κ3) is 2.94. The van der Waals surface area contributed by atoms with Gasteiger partial charge in [-0.2, -0.15) is 0 Å². The van der Waals surface area contributed by atoms with Crippen LogP contribution >= 0.6 is 0 Å². The van der Waals surface area contributed by atoms with Gasteiger partial charge in [0, 0.05) is 26.2 Å². The molecule has 0 aromatic carbocycles. The zero-order valence-corrected chi connectivity index (χ0v) is 8.53. The van der Waals surface area contributed by atoms with E-state index in [4.69, 9.17) is 9.84 Å². The van der Waals surface area contributed by atoms with E-state index < -0.39 is 0 Å². The normalized spacial score (nSPS) is 23.4. The zero-order valence-electron chi connectivity index (χ0n) is 8.53. The molecule has 82 valence electrons. The number of rotatable bonds is 4. The first kappa shape index (κ1) is 11.4. The molecule has 0 spiro atoms. The summed E-state index contributed by atoms with van der Waals surface area (Å²) in [6.07, 6.45) is 0. The Morgan fingerprint density at radius 1 is 1.71 bits per heavy atom. The van der Waals surface area contributed by atoms with E-state index in [-0.39, 0.29) is 18.6 Å². The van der Waals surface area contributed by atoms with Crippen molar-refractivity contribution in [2.45, 2.75) is 13.0 Å². The van der Waals surface area contributed by atoms with Crippen molar-refractivity contribution in [2.24, 2.45) is 0 Å². The summed E-state index contributed by atoms with van der Waals surface area (Å²) in [6.45, 7) is 5.06. The fourth-order valence-electron chi connectivity index (χ4n) is 1.61. The summed E-state index contributed by atoms with van der Waals surface area (Å²) in [4.78, 5) is 13.5. The smallest absolute Gasteiger partial charge is 0.324 e. The molecule has 1 heterocycles. The van der Waals surface area contributed by atoms with E-state index in [9.17, 15) is 4.79 Å². The molecular formula is C9H18N2O3. The quantitative estimate of drug-likeness (QED) is 0.562. The van der Waals surface area contributed by atoms with E-state index in [1.54, 1.807) is 6.92 Å². The number of nitrogens with zero attached hydrogens (tertiary/aromatic N) is 1. The summed E-state index contributed by atoms with van der Waals surface area (Å²) in [5.41, 5.74) is 0. The molecule has 0 aliphatic carbocycles. The van der Waals surface area contributed by atoms with E-state index >= 15 is 0 Å². The van der Waals surface area contributed by atoms with Crippen molar-refractivity contribution in [3.05, 3.63) is 0 Å². The molecule has 0 radical (unpaired) electrons. The van der Waals surface area contributed by atoms with Gasteiger partial charge in [-0.05, 0) is 6.92 Å². The Morgan fingerprint density at radius 3 is 3.14 bits per heavy atom. The highest BCUT2D eigenvalue weighted by Crippen LogP contribution is 2.04. The summed E-state index contributed by atoms with van der Waals surface area (Å²) >= 11 is 0. The van der Waals surface area contributed by atoms with Gasteiger partial charge in [0.2, 0.25) is 0 Å². The van der Waals surface area contributed by atoms with Gasteiger partial charge in [-0.25, -0.2) is 0 Å². The molecule has 0 aromatic heterocycles. The largest absolute Gasteiger partial charge is 0.465 e. The second kappa shape index (κ2) is 5.95. The molecule has 1 saturated heterocycles. The Balaban J connectivity index is 2.48. The summed E-state index contributed by atoms with van der Waals surface area (Å²) in [5.74, 6) is -0.201. The Labute approximate surface area is 84.0 Å². The Hall–Kier alpha value is -0.650. The van der Waals surface area contributed by atoms with Crippen molar-refractivity contribution >= 4 is 5.97 Å². The second-order valence-electron chi connectivity index (χ2n) is 3.23. The number of piperazine rings is 1.